The molecule has 0 spiro atoms. The summed E-state index contributed by atoms with van der Waals surface area (Å²) in [4.78, 5) is 20.6. The highest BCUT2D eigenvalue weighted by Crippen LogP contribution is 2.67. The topological polar surface area (TPSA) is 113 Å². The van der Waals surface area contributed by atoms with Crippen molar-refractivity contribution in [2.24, 2.45) is 10.7 Å². The Morgan fingerprint density at radius 1 is 1.25 bits per heavy atom. The summed E-state index contributed by atoms with van der Waals surface area (Å²) >= 11 is 0. The number of nitrogens with one attached hydrogen (secondary N) is 2. The average molecular weight is 468 g/mol. The van der Waals surface area contributed by atoms with Crippen LogP contribution in [0.15, 0.2) is 35.5 Å². The Hall–Kier alpha value is -2.63. The van der Waals surface area contributed by atoms with Crippen molar-refractivity contribution >= 4 is 27.9 Å². The van der Waals surface area contributed by atoms with Gasteiger partial charge in [-0.2, -0.15) is 0 Å². The predicted molar refractivity (Wildman–Crippen MR) is 118 cm³/mol. The normalized spacial score (nSPS) is 30.7. The first kappa shape index (κ1) is 22.6. The lowest BCUT2D eigenvalue weighted by Gasteiger charge is -2.56. The zero-order valence-electron chi connectivity index (χ0n) is 17.7. The maximum Gasteiger partial charge on any atom is 0.277 e. The minimum Gasteiger partial charge on any atom is -0.386 e. The quantitative estimate of drug-likeness (QED) is 0.550. The summed E-state index contributed by atoms with van der Waals surface area (Å²) < 4.78 is 56.0. The van der Waals surface area contributed by atoms with E-state index in [1.165, 1.54) is 12.1 Å². The first-order valence-electron chi connectivity index (χ1n) is 9.97. The molecule has 0 bridgehead atoms. The Morgan fingerprint density at radius 2 is 1.97 bits per heavy atom. The summed E-state index contributed by atoms with van der Waals surface area (Å²) in [6.45, 7) is 5.86. The summed E-state index contributed by atoms with van der Waals surface area (Å²) in [6.07, 6.45) is 1.29. The number of carbonyl (C=O) groups excluding carboxylic acids is 1. The molecule has 2 aromatic rings. The lowest BCUT2D eigenvalue weighted by molar-refractivity contribution is 0.101. The van der Waals surface area contributed by atoms with Crippen molar-refractivity contribution in [3.05, 3.63) is 59.2 Å². The fraction of sp³-hybridized carbons (Fsp3) is 0.381. The smallest absolute Gasteiger partial charge is 0.277 e. The van der Waals surface area contributed by atoms with Crippen molar-refractivity contribution < 1.29 is 22.5 Å². The number of anilines is 1. The van der Waals surface area contributed by atoms with Crippen LogP contribution in [0.3, 0.4) is 0 Å². The van der Waals surface area contributed by atoms with Crippen molar-refractivity contribution in [3.8, 4) is 0 Å². The number of carbonyl (C=O) groups is 1. The number of amidine groups is 1. The van der Waals surface area contributed by atoms with E-state index in [-0.39, 0.29) is 17.1 Å². The van der Waals surface area contributed by atoms with E-state index < -0.39 is 55.1 Å². The number of fused-ring (bicyclic) bond motifs is 1. The Kier molecular flexibility index (Phi) is 5.26. The van der Waals surface area contributed by atoms with Crippen LogP contribution >= 0.6 is 10.5 Å². The van der Waals surface area contributed by atoms with Crippen molar-refractivity contribution in [3.63, 3.8) is 0 Å². The van der Waals surface area contributed by atoms with Gasteiger partial charge in [0.05, 0.1) is 16.2 Å². The highest BCUT2D eigenvalue weighted by molar-refractivity contribution is 8.29. The van der Waals surface area contributed by atoms with Crippen molar-refractivity contribution in [2.75, 3.05) is 11.9 Å². The van der Waals surface area contributed by atoms with Gasteiger partial charge in [-0.25, -0.2) is 18.2 Å². The summed E-state index contributed by atoms with van der Waals surface area (Å²) in [5.74, 6) is -3.32. The number of benzene rings is 1. The molecule has 32 heavy (non-hydrogen) atoms. The number of halogens is 3. The van der Waals surface area contributed by atoms with Crippen LogP contribution < -0.4 is 15.8 Å². The minimum atomic E-state index is -2.49. The molecule has 4 rings (SSSR count). The lowest BCUT2D eigenvalue weighted by atomic mass is 9.85. The molecule has 1 saturated heterocycles. The molecule has 172 valence electrons. The van der Waals surface area contributed by atoms with Crippen LogP contribution in [0.25, 0.3) is 0 Å². The van der Waals surface area contributed by atoms with Crippen molar-refractivity contribution in [2.45, 2.75) is 42.7 Å². The van der Waals surface area contributed by atoms with Gasteiger partial charge in [-0.1, -0.05) is 10.5 Å². The second-order valence-electron chi connectivity index (χ2n) is 8.58. The van der Waals surface area contributed by atoms with Gasteiger partial charge in [0, 0.05) is 23.9 Å². The molecule has 7 nitrogen and oxygen atoms in total. The van der Waals surface area contributed by atoms with E-state index in [0.29, 0.717) is 19.0 Å². The number of hydrogen-bond donors (Lipinski definition) is 4. The lowest BCUT2D eigenvalue weighted by Crippen LogP contribution is -2.57. The summed E-state index contributed by atoms with van der Waals surface area (Å²) in [7, 11) is -2.49. The number of amides is 1. The summed E-state index contributed by atoms with van der Waals surface area (Å²) in [5, 5.41) is 2.04. The van der Waals surface area contributed by atoms with E-state index in [9.17, 15) is 18.1 Å². The van der Waals surface area contributed by atoms with Gasteiger partial charge in [0.2, 0.25) is 0 Å². The molecule has 0 saturated carbocycles. The Balaban J connectivity index is 1.74. The third-order valence-electron chi connectivity index (χ3n) is 6.31. The predicted octanol–water partition coefficient (Wildman–Crippen LogP) is 3.67. The van der Waals surface area contributed by atoms with Gasteiger partial charge in [-0.05, 0) is 45.4 Å². The van der Waals surface area contributed by atoms with Crippen LogP contribution in [0.5, 0.6) is 0 Å². The van der Waals surface area contributed by atoms with E-state index >= 15 is 4.39 Å². The van der Waals surface area contributed by atoms with Crippen LogP contribution in [0, 0.1) is 17.5 Å². The summed E-state index contributed by atoms with van der Waals surface area (Å²) in [6, 6.07) is 4.42. The van der Waals surface area contributed by atoms with E-state index in [2.05, 4.69) is 20.0 Å². The molecular weight excluding hydrogens is 443 g/mol. The number of hydrogen-bond acceptors (Lipinski definition) is 6. The van der Waals surface area contributed by atoms with Crippen LogP contribution in [0.1, 0.15) is 43.2 Å². The van der Waals surface area contributed by atoms with E-state index in [4.69, 9.17) is 5.73 Å². The Labute approximate surface area is 185 Å². The fourth-order valence-corrected chi connectivity index (χ4v) is 7.75. The molecule has 3 heterocycles. The van der Waals surface area contributed by atoms with E-state index in [1.54, 1.807) is 6.92 Å². The fourth-order valence-electron chi connectivity index (χ4n) is 4.38. The average Bonchev–Trinajstić information content (AvgIpc) is 3.13. The van der Waals surface area contributed by atoms with Gasteiger partial charge in [-0.15, -0.1) is 0 Å². The third-order valence-corrected chi connectivity index (χ3v) is 10.2. The van der Waals surface area contributed by atoms with Gasteiger partial charge >= 0.3 is 0 Å². The van der Waals surface area contributed by atoms with Crippen LogP contribution in [0.4, 0.5) is 18.9 Å². The third kappa shape index (κ3) is 3.26. The molecule has 0 aliphatic carbocycles. The number of nitrogens with zero attached hydrogens (tertiary/aromatic N) is 2. The van der Waals surface area contributed by atoms with Gasteiger partial charge in [-0.3, -0.25) is 14.5 Å². The van der Waals surface area contributed by atoms with Crippen LogP contribution in [-0.2, 0) is 5.54 Å². The molecule has 1 unspecified atom stereocenters. The molecule has 1 aromatic heterocycles. The number of pyridine rings is 1. The number of rotatable bonds is 3. The first-order chi connectivity index (χ1) is 14.9. The Morgan fingerprint density at radius 3 is 2.66 bits per heavy atom. The summed E-state index contributed by atoms with van der Waals surface area (Å²) in [5.41, 5.74) is 4.76. The zero-order valence-corrected chi connectivity index (χ0v) is 18.6. The van der Waals surface area contributed by atoms with Gasteiger partial charge in [0.1, 0.15) is 23.0 Å². The molecular formula is C21H24F3N5O2S. The highest BCUT2D eigenvalue weighted by atomic mass is 32.3. The molecule has 11 heteroatoms. The maximum absolute atomic E-state index is 15.0. The molecule has 2 aliphatic rings. The van der Waals surface area contributed by atoms with Crippen LogP contribution in [0.2, 0.25) is 0 Å². The molecule has 2 aliphatic heterocycles. The maximum atomic E-state index is 15.0. The molecule has 3 atom stereocenters. The molecule has 1 amide bonds. The Bertz CT molecular complexity index is 1140. The highest BCUT2D eigenvalue weighted by Gasteiger charge is 2.60. The largest absolute Gasteiger partial charge is 0.386 e. The van der Waals surface area contributed by atoms with Crippen LogP contribution in [-0.4, -0.2) is 37.8 Å². The number of nitrogens with two attached hydrogens (primary N) is 1. The van der Waals surface area contributed by atoms with E-state index in [1.807, 2.05) is 13.8 Å². The van der Waals surface area contributed by atoms with E-state index in [0.717, 1.165) is 12.3 Å². The number of aliphatic imine (C=N–C) groups is 1. The molecule has 0 radical (unpaired) electrons. The minimum absolute atomic E-state index is 0.140. The standard InChI is InChI=1S/C21H24F3N5O2S/c1-20(2)19(25)29-21(3,16-6-7-27-32(16,20)31)13-9-12(4-5-14(13)23)28-18(30)17-15(24)8-11(22)10-26-17/h4-5,8-10,16,27,31H,6-7H2,1-3H3,(H2,25,29)(H,28,30)/t16-,21+/m0/s1. The zero-order chi connectivity index (χ0) is 23.5. The van der Waals surface area contributed by atoms with Gasteiger partial charge < -0.3 is 15.6 Å². The van der Waals surface area contributed by atoms with Gasteiger partial charge in [0.25, 0.3) is 5.91 Å². The monoisotopic (exact) mass is 467 g/mol. The first-order valence-corrected chi connectivity index (χ1v) is 11.6. The van der Waals surface area contributed by atoms with Crippen molar-refractivity contribution in [1.29, 1.82) is 0 Å². The second kappa shape index (κ2) is 7.46. The van der Waals surface area contributed by atoms with Gasteiger partial charge in [0.15, 0.2) is 11.5 Å². The molecule has 5 N–H and O–H groups in total. The number of aromatic nitrogens is 1. The SMILES string of the molecule is CC1(C)C(N)=N[C@](C)(c2cc(NC(=O)c3ncc(F)cc3F)ccc2F)[C@@H]2CCNS21O. The molecule has 1 fully saturated rings. The second-order valence-corrected chi connectivity index (χ2v) is 11.7. The van der Waals surface area contributed by atoms with Crippen molar-refractivity contribution in [1.82, 2.24) is 9.71 Å². The molecule has 1 aromatic carbocycles.